The predicted molar refractivity (Wildman–Crippen MR) is 122 cm³/mol. The van der Waals surface area contributed by atoms with Crippen molar-refractivity contribution in [1.29, 1.82) is 0 Å². The van der Waals surface area contributed by atoms with Crippen LogP contribution in [0.25, 0.3) is 6.08 Å². The second-order valence-corrected chi connectivity index (χ2v) is 7.36. The highest BCUT2D eigenvalue weighted by Crippen LogP contribution is 2.14. The van der Waals surface area contributed by atoms with Gasteiger partial charge in [0.2, 0.25) is 0 Å². The van der Waals surface area contributed by atoms with Gasteiger partial charge in [0.25, 0.3) is 0 Å². The third-order valence-corrected chi connectivity index (χ3v) is 4.77. The summed E-state index contributed by atoms with van der Waals surface area (Å²) in [6, 6.07) is 16.5. The minimum absolute atomic E-state index is 0.812. The van der Waals surface area contributed by atoms with Gasteiger partial charge in [-0.2, -0.15) is 0 Å². The number of ether oxygens (including phenoxy) is 1. The molecule has 0 saturated carbocycles. The molecular weight excluding hydrogens is 340 g/mol. The van der Waals surface area contributed by atoms with Crippen LogP contribution in [0.5, 0.6) is 5.75 Å². The minimum atomic E-state index is 0.812. The Balaban J connectivity index is 1.63. The maximum atomic E-state index is 5.85. The van der Waals surface area contributed by atoms with Gasteiger partial charge in [0.15, 0.2) is 0 Å². The van der Waals surface area contributed by atoms with Crippen LogP contribution in [0.3, 0.4) is 0 Å². The lowest BCUT2D eigenvalue weighted by atomic mass is 10.1. The van der Waals surface area contributed by atoms with Crippen LogP contribution in [0, 0.1) is 18.8 Å². The van der Waals surface area contributed by atoms with Crippen molar-refractivity contribution in [2.24, 2.45) is 0 Å². The van der Waals surface area contributed by atoms with E-state index >= 15 is 0 Å². The Morgan fingerprint density at radius 1 is 0.786 bits per heavy atom. The second-order valence-electron chi connectivity index (χ2n) is 7.36. The van der Waals surface area contributed by atoms with E-state index in [1.165, 1.54) is 50.5 Å². The summed E-state index contributed by atoms with van der Waals surface area (Å²) in [6.45, 7) is 5.16. The molecule has 2 aromatic rings. The molecule has 0 amide bonds. The van der Waals surface area contributed by atoms with Crippen LogP contribution in [0.4, 0.5) is 0 Å². The quantitative estimate of drug-likeness (QED) is 0.291. The molecule has 0 fully saturated rings. The molecule has 2 aromatic carbocycles. The molecule has 0 radical (unpaired) electrons. The van der Waals surface area contributed by atoms with Gasteiger partial charge in [-0.15, -0.1) is 0 Å². The molecule has 0 heterocycles. The molecule has 0 aromatic heterocycles. The van der Waals surface area contributed by atoms with Crippen LogP contribution in [0.1, 0.15) is 75.0 Å². The van der Waals surface area contributed by atoms with Gasteiger partial charge in [-0.05, 0) is 55.3 Å². The second kappa shape index (κ2) is 13.7. The minimum Gasteiger partial charge on any atom is -0.494 e. The molecule has 0 N–H and O–H groups in total. The highest BCUT2D eigenvalue weighted by molar-refractivity contribution is 5.54. The van der Waals surface area contributed by atoms with Crippen molar-refractivity contribution in [3.63, 3.8) is 0 Å². The van der Waals surface area contributed by atoms with E-state index < -0.39 is 0 Å². The molecule has 0 aliphatic rings. The molecule has 0 aliphatic carbocycles. The number of unbranched alkanes of at least 4 members (excludes halogenated alkanes) is 7. The summed E-state index contributed by atoms with van der Waals surface area (Å²) >= 11 is 0. The molecule has 0 bridgehead atoms. The van der Waals surface area contributed by atoms with E-state index in [1.807, 2.05) is 24.3 Å². The smallest absolute Gasteiger partial charge is 0.119 e. The van der Waals surface area contributed by atoms with Crippen molar-refractivity contribution in [1.82, 2.24) is 0 Å². The summed E-state index contributed by atoms with van der Waals surface area (Å²) < 4.78 is 5.85. The first-order chi connectivity index (χ1) is 13.8. The van der Waals surface area contributed by atoms with Crippen molar-refractivity contribution in [3.05, 3.63) is 71.3 Å². The lowest BCUT2D eigenvalue weighted by Gasteiger charge is -2.06. The first-order valence-corrected chi connectivity index (χ1v) is 10.8. The van der Waals surface area contributed by atoms with Gasteiger partial charge < -0.3 is 4.74 Å². The largest absolute Gasteiger partial charge is 0.494 e. The summed E-state index contributed by atoms with van der Waals surface area (Å²) in [6.07, 6.45) is 14.5. The Hall–Kier alpha value is -2.46. The van der Waals surface area contributed by atoms with Gasteiger partial charge >= 0.3 is 0 Å². The van der Waals surface area contributed by atoms with Crippen LogP contribution in [-0.4, -0.2) is 6.61 Å². The Morgan fingerprint density at radius 3 is 2.11 bits per heavy atom. The number of rotatable bonds is 11. The van der Waals surface area contributed by atoms with Crippen LogP contribution < -0.4 is 4.74 Å². The van der Waals surface area contributed by atoms with Crippen LogP contribution in [-0.2, 0) is 0 Å². The maximum absolute atomic E-state index is 5.85. The van der Waals surface area contributed by atoms with E-state index in [1.54, 1.807) is 0 Å². The summed E-state index contributed by atoms with van der Waals surface area (Å²) in [5.41, 5.74) is 3.43. The van der Waals surface area contributed by atoms with Crippen molar-refractivity contribution in [2.75, 3.05) is 6.61 Å². The van der Waals surface area contributed by atoms with Gasteiger partial charge in [-0.25, -0.2) is 0 Å². The molecule has 0 saturated heterocycles. The van der Waals surface area contributed by atoms with Gasteiger partial charge in [0.05, 0.1) is 6.61 Å². The molecule has 28 heavy (non-hydrogen) atoms. The van der Waals surface area contributed by atoms with Crippen molar-refractivity contribution < 1.29 is 4.74 Å². The fourth-order valence-corrected chi connectivity index (χ4v) is 3.00. The fourth-order valence-electron chi connectivity index (χ4n) is 3.00. The van der Waals surface area contributed by atoms with Gasteiger partial charge in [-0.3, -0.25) is 0 Å². The maximum Gasteiger partial charge on any atom is 0.119 e. The SMILES string of the molecule is CCCCCCCCCCOc1ccc(/C=C/C#Cc2ccc(C)cc2)cc1. The Labute approximate surface area is 171 Å². The third-order valence-electron chi connectivity index (χ3n) is 4.77. The highest BCUT2D eigenvalue weighted by Gasteiger charge is 1.95. The first-order valence-electron chi connectivity index (χ1n) is 10.8. The standard InChI is InChI=1S/C27H34O/c1-3-4-5-6-7-8-9-12-23-28-27-21-19-26(20-22-27)14-11-10-13-25-17-15-24(2)16-18-25/h11,14-22H,3-9,12,23H2,1-2H3/b14-11+. The zero-order valence-electron chi connectivity index (χ0n) is 17.5. The third kappa shape index (κ3) is 9.47. The summed E-state index contributed by atoms with van der Waals surface area (Å²) in [7, 11) is 0. The zero-order chi connectivity index (χ0) is 19.9. The number of allylic oxidation sites excluding steroid dienone is 1. The van der Waals surface area contributed by atoms with E-state index in [4.69, 9.17) is 4.74 Å². The first kappa shape index (κ1) is 21.8. The molecule has 2 rings (SSSR count). The molecule has 0 spiro atoms. The Kier molecular flexibility index (Phi) is 10.7. The molecule has 1 nitrogen and oxygen atoms in total. The molecule has 0 aliphatic heterocycles. The van der Waals surface area contributed by atoms with E-state index in [0.717, 1.165) is 29.9 Å². The molecule has 1 heteroatoms. The normalized spacial score (nSPS) is 10.6. The monoisotopic (exact) mass is 374 g/mol. The predicted octanol–water partition coefficient (Wildman–Crippen LogP) is 7.58. The van der Waals surface area contributed by atoms with Crippen LogP contribution in [0.2, 0.25) is 0 Å². The average molecular weight is 375 g/mol. The van der Waals surface area contributed by atoms with E-state index in [2.05, 4.69) is 62.1 Å². The Morgan fingerprint density at radius 2 is 1.43 bits per heavy atom. The lowest BCUT2D eigenvalue weighted by Crippen LogP contribution is -1.97. The average Bonchev–Trinajstić information content (AvgIpc) is 2.72. The number of benzene rings is 2. The topological polar surface area (TPSA) is 9.23 Å². The van der Waals surface area contributed by atoms with Gasteiger partial charge in [0.1, 0.15) is 5.75 Å². The lowest BCUT2D eigenvalue weighted by molar-refractivity contribution is 0.304. The molecule has 0 atom stereocenters. The number of hydrogen-bond donors (Lipinski definition) is 0. The van der Waals surface area contributed by atoms with E-state index in [9.17, 15) is 0 Å². The van der Waals surface area contributed by atoms with Crippen molar-refractivity contribution in [2.45, 2.75) is 65.2 Å². The fraction of sp³-hybridized carbons (Fsp3) is 0.407. The number of aryl methyl sites for hydroxylation is 1. The molecule has 0 unspecified atom stereocenters. The van der Waals surface area contributed by atoms with Gasteiger partial charge in [-0.1, -0.05) is 93.5 Å². The van der Waals surface area contributed by atoms with Crippen molar-refractivity contribution in [3.8, 4) is 17.6 Å². The van der Waals surface area contributed by atoms with Gasteiger partial charge in [0, 0.05) is 5.56 Å². The molecular formula is C27H34O. The van der Waals surface area contributed by atoms with Crippen LogP contribution >= 0.6 is 0 Å². The Bertz CT molecular complexity index is 742. The number of hydrogen-bond acceptors (Lipinski definition) is 1. The van der Waals surface area contributed by atoms with E-state index in [-0.39, 0.29) is 0 Å². The van der Waals surface area contributed by atoms with Crippen molar-refractivity contribution >= 4 is 6.08 Å². The highest BCUT2D eigenvalue weighted by atomic mass is 16.5. The summed E-state index contributed by atoms with van der Waals surface area (Å²) in [5.74, 6) is 7.19. The zero-order valence-corrected chi connectivity index (χ0v) is 17.5. The molecule has 148 valence electrons. The van der Waals surface area contributed by atoms with Crippen LogP contribution in [0.15, 0.2) is 54.6 Å². The summed E-state index contributed by atoms with van der Waals surface area (Å²) in [5, 5.41) is 0. The summed E-state index contributed by atoms with van der Waals surface area (Å²) in [4.78, 5) is 0. The van der Waals surface area contributed by atoms with E-state index in [0.29, 0.717) is 0 Å².